The lowest BCUT2D eigenvalue weighted by molar-refractivity contribution is -0.146. The Hall–Kier alpha value is -2.54. The number of carbonyl (C=O) groups excluding carboxylic acids is 2. The van der Waals surface area contributed by atoms with Crippen molar-refractivity contribution in [2.75, 3.05) is 13.2 Å². The highest BCUT2D eigenvalue weighted by molar-refractivity contribution is 6.92. The van der Waals surface area contributed by atoms with Crippen molar-refractivity contribution >= 4 is 30.7 Å². The molecule has 0 N–H and O–H groups in total. The predicted octanol–water partition coefficient (Wildman–Crippen LogP) is 3.17. The Morgan fingerprint density at radius 2 is 1.50 bits per heavy atom. The summed E-state index contributed by atoms with van der Waals surface area (Å²) < 4.78 is 13.8. The van der Waals surface area contributed by atoms with Gasteiger partial charge >= 0.3 is 8.56 Å². The predicted molar refractivity (Wildman–Crippen MR) is 132 cm³/mol. The molecule has 4 aliphatic rings. The third-order valence-corrected chi connectivity index (χ3v) is 11.9. The molecule has 2 bridgehead atoms. The van der Waals surface area contributed by atoms with Crippen molar-refractivity contribution < 1.29 is 18.4 Å². The van der Waals surface area contributed by atoms with E-state index >= 15 is 0 Å². The molecule has 2 aliphatic carbocycles. The van der Waals surface area contributed by atoms with Crippen LogP contribution in [0.1, 0.15) is 39.5 Å². The molecule has 0 unspecified atom stereocenters. The van der Waals surface area contributed by atoms with Crippen LogP contribution in [-0.2, 0) is 18.4 Å². The third-order valence-electron chi connectivity index (χ3n) is 8.58. The number of hydrogen-bond acceptors (Lipinski definition) is 4. The summed E-state index contributed by atoms with van der Waals surface area (Å²) in [5.74, 6) is 0.0346. The minimum atomic E-state index is -3.10. The van der Waals surface area contributed by atoms with Crippen LogP contribution >= 0.6 is 0 Å². The molecule has 2 heterocycles. The van der Waals surface area contributed by atoms with Crippen LogP contribution in [0.3, 0.4) is 0 Å². The highest BCUT2D eigenvalue weighted by Crippen LogP contribution is 2.68. The van der Waals surface area contributed by atoms with Crippen LogP contribution in [0.4, 0.5) is 0 Å². The summed E-state index contributed by atoms with van der Waals surface area (Å²) in [5.41, 5.74) is -0.424. The van der Waals surface area contributed by atoms with Crippen LogP contribution in [0.2, 0.25) is 0 Å². The Labute approximate surface area is 202 Å². The van der Waals surface area contributed by atoms with E-state index < -0.39 is 19.4 Å². The number of hydrogen-bond donors (Lipinski definition) is 0. The van der Waals surface area contributed by atoms with Gasteiger partial charge in [0.25, 0.3) is 0 Å². The third kappa shape index (κ3) is 2.67. The average Bonchev–Trinajstić information content (AvgIpc) is 2.98. The Bertz CT molecular complexity index is 1120. The van der Waals surface area contributed by atoms with Gasteiger partial charge in [0.1, 0.15) is 0 Å². The minimum absolute atomic E-state index is 0.0168. The molecule has 6 heteroatoms. The molecule has 1 saturated carbocycles. The molecule has 1 spiro atoms. The molecule has 6 rings (SSSR count). The normalized spacial score (nSPS) is 32.1. The molecule has 5 nitrogen and oxygen atoms in total. The largest absolute Gasteiger partial charge is 0.407 e. The number of nitrogens with zero attached hydrogens (tertiary/aromatic N) is 1. The highest BCUT2D eigenvalue weighted by Gasteiger charge is 2.76. The summed E-state index contributed by atoms with van der Waals surface area (Å²) in [6.07, 6.45) is 5.52. The molecule has 176 valence electrons. The zero-order valence-electron chi connectivity index (χ0n) is 19.8. The molecule has 2 amide bonds. The SMILES string of the molecule is CC(C)[C@H]1CO[Si](c2ccccc2)(c2ccccc2)OCC2=C[C@]34CCCC[C@]23C(=O)N1C4=O. The number of benzene rings is 2. The second kappa shape index (κ2) is 7.73. The maximum atomic E-state index is 14.0. The topological polar surface area (TPSA) is 55.8 Å². The fourth-order valence-corrected chi connectivity index (χ4v) is 9.90. The highest BCUT2D eigenvalue weighted by atomic mass is 28.4. The summed E-state index contributed by atoms with van der Waals surface area (Å²) >= 11 is 0. The Morgan fingerprint density at radius 3 is 2.12 bits per heavy atom. The first-order valence-corrected chi connectivity index (χ1v) is 14.3. The van der Waals surface area contributed by atoms with E-state index in [9.17, 15) is 9.59 Å². The number of amides is 2. The summed E-state index contributed by atoms with van der Waals surface area (Å²) in [4.78, 5) is 29.5. The van der Waals surface area contributed by atoms with Gasteiger partial charge < -0.3 is 8.85 Å². The van der Waals surface area contributed by atoms with Crippen LogP contribution in [-0.4, -0.2) is 44.5 Å². The van der Waals surface area contributed by atoms with Crippen LogP contribution in [0, 0.1) is 16.7 Å². The minimum Gasteiger partial charge on any atom is -0.385 e. The Balaban J connectivity index is 1.53. The Morgan fingerprint density at radius 1 is 0.882 bits per heavy atom. The number of fused-ring (bicyclic) bond motifs is 1. The number of imide groups is 1. The van der Waals surface area contributed by atoms with Gasteiger partial charge in [-0.05, 0) is 34.7 Å². The number of carbonyl (C=O) groups is 2. The van der Waals surface area contributed by atoms with Crippen molar-refractivity contribution in [2.24, 2.45) is 16.7 Å². The fraction of sp³-hybridized carbons (Fsp3) is 0.429. The quantitative estimate of drug-likeness (QED) is 0.390. The molecular weight excluding hydrogens is 442 g/mol. The van der Waals surface area contributed by atoms with E-state index in [0.29, 0.717) is 6.61 Å². The molecule has 2 saturated heterocycles. The molecule has 2 aromatic rings. The van der Waals surface area contributed by atoms with Crippen LogP contribution in [0.25, 0.3) is 0 Å². The van der Waals surface area contributed by atoms with Crippen LogP contribution in [0.15, 0.2) is 72.3 Å². The van der Waals surface area contributed by atoms with Crippen molar-refractivity contribution in [2.45, 2.75) is 45.6 Å². The summed E-state index contributed by atoms with van der Waals surface area (Å²) in [7, 11) is -3.10. The maximum absolute atomic E-state index is 14.0. The van der Waals surface area contributed by atoms with Gasteiger partial charge in [-0.25, -0.2) is 0 Å². The molecule has 2 aliphatic heterocycles. The Kier molecular flexibility index (Phi) is 4.99. The fourth-order valence-electron chi connectivity index (χ4n) is 6.79. The van der Waals surface area contributed by atoms with Crippen molar-refractivity contribution in [3.05, 3.63) is 72.3 Å². The van der Waals surface area contributed by atoms with E-state index in [1.165, 1.54) is 0 Å². The van der Waals surface area contributed by atoms with Gasteiger partial charge in [0.05, 0.1) is 30.1 Å². The van der Waals surface area contributed by atoms with Gasteiger partial charge in [-0.2, -0.15) is 0 Å². The second-order valence-corrected chi connectivity index (χ2v) is 13.5. The molecule has 3 atom stereocenters. The van der Waals surface area contributed by atoms with Gasteiger partial charge in [-0.15, -0.1) is 0 Å². The van der Waals surface area contributed by atoms with E-state index in [2.05, 4.69) is 44.2 Å². The van der Waals surface area contributed by atoms with Crippen LogP contribution < -0.4 is 10.4 Å². The maximum Gasteiger partial charge on any atom is 0.407 e. The number of rotatable bonds is 3. The summed E-state index contributed by atoms with van der Waals surface area (Å²) in [6, 6.07) is 20.1. The van der Waals surface area contributed by atoms with E-state index in [-0.39, 0.29) is 30.4 Å². The van der Waals surface area contributed by atoms with Gasteiger partial charge in [0.2, 0.25) is 11.8 Å². The van der Waals surface area contributed by atoms with E-state index in [0.717, 1.165) is 41.6 Å². The lowest BCUT2D eigenvalue weighted by Crippen LogP contribution is -2.66. The molecule has 2 aromatic carbocycles. The van der Waals surface area contributed by atoms with Crippen molar-refractivity contribution in [3.8, 4) is 0 Å². The van der Waals surface area contributed by atoms with Crippen LogP contribution in [0.5, 0.6) is 0 Å². The van der Waals surface area contributed by atoms with Crippen molar-refractivity contribution in [1.29, 1.82) is 0 Å². The molecular formula is C28H31NO4Si. The molecule has 34 heavy (non-hydrogen) atoms. The first-order chi connectivity index (χ1) is 16.5. The van der Waals surface area contributed by atoms with Gasteiger partial charge in [-0.1, -0.05) is 93.4 Å². The molecule has 0 radical (unpaired) electrons. The lowest BCUT2D eigenvalue weighted by atomic mass is 9.46. The van der Waals surface area contributed by atoms with Gasteiger partial charge in [0, 0.05) is 0 Å². The van der Waals surface area contributed by atoms with Crippen molar-refractivity contribution in [3.63, 3.8) is 0 Å². The zero-order chi connectivity index (χ0) is 23.6. The molecule has 3 fully saturated rings. The van der Waals surface area contributed by atoms with Gasteiger partial charge in [-0.3, -0.25) is 14.5 Å². The molecule has 0 aromatic heterocycles. The van der Waals surface area contributed by atoms with E-state index in [4.69, 9.17) is 8.85 Å². The van der Waals surface area contributed by atoms with E-state index in [1.54, 1.807) is 4.90 Å². The summed E-state index contributed by atoms with van der Waals surface area (Å²) in [5, 5.41) is 2.08. The zero-order valence-corrected chi connectivity index (χ0v) is 20.8. The first kappa shape index (κ1) is 22.0. The average molecular weight is 474 g/mol. The van der Waals surface area contributed by atoms with Crippen molar-refractivity contribution in [1.82, 2.24) is 4.90 Å². The van der Waals surface area contributed by atoms with Gasteiger partial charge in [0.15, 0.2) is 0 Å². The summed E-state index contributed by atoms with van der Waals surface area (Å²) in [6.45, 7) is 4.73. The first-order valence-electron chi connectivity index (χ1n) is 12.5. The smallest absolute Gasteiger partial charge is 0.385 e. The monoisotopic (exact) mass is 473 g/mol. The van der Waals surface area contributed by atoms with E-state index in [1.807, 2.05) is 36.4 Å². The second-order valence-electron chi connectivity index (χ2n) is 10.5. The standard InChI is InChI=1S/C28H31NO4Si/c1-20(2)24-19-33-34(22-11-5-3-6-12-22,23-13-7-4-8-14-23)32-18-21-17-27-15-9-10-16-28(21,27)26(31)29(24)25(27)30/h3-8,11-14,17,20,24H,9-10,15-16,18-19H2,1-2H3/t24-,27+,28-/m1/s1. The lowest BCUT2D eigenvalue weighted by Gasteiger charge is -2.53.